The third-order valence-corrected chi connectivity index (χ3v) is 11.2. The standard InChI is InChI=1S/C32H34O4/c1-3-35-31(33)29-27-25-23-21-19-13-15-5-6-16-8-10-18(12-11-17(19)9-7-15)20(14-16)22(21)24(23)26(25)28(27)30(29)32(34)36-4-2/h7-10,13-14,21-30H,3-6,11-12H2,1-2H3. The van der Waals surface area contributed by atoms with E-state index in [-0.39, 0.29) is 23.8 Å². The monoisotopic (exact) mass is 482 g/mol. The van der Waals surface area contributed by atoms with Gasteiger partial charge in [0, 0.05) is 0 Å². The van der Waals surface area contributed by atoms with Crippen LogP contribution in [0.15, 0.2) is 36.4 Å². The Balaban J connectivity index is 1.21. The fourth-order valence-corrected chi connectivity index (χ4v) is 9.98. The normalized spacial score (nSPS) is 39.4. The minimum absolute atomic E-state index is 0.181. The maximum Gasteiger partial charge on any atom is 0.310 e. The van der Waals surface area contributed by atoms with Crippen LogP contribution >= 0.6 is 0 Å². The molecule has 4 saturated carbocycles. The highest BCUT2D eigenvalue weighted by molar-refractivity contribution is 5.86. The summed E-state index contributed by atoms with van der Waals surface area (Å²) in [5.41, 5.74) is 9.16. The van der Waals surface area contributed by atoms with E-state index in [2.05, 4.69) is 36.4 Å². The zero-order valence-electron chi connectivity index (χ0n) is 21.1. The number of hydrogen-bond donors (Lipinski definition) is 0. The number of fused-ring (bicyclic) bond motifs is 9. The number of carbonyl (C=O) groups is 2. The number of esters is 2. The van der Waals surface area contributed by atoms with Gasteiger partial charge in [-0.2, -0.15) is 0 Å². The number of aryl methyl sites for hydroxylation is 4. The third kappa shape index (κ3) is 2.51. The Morgan fingerprint density at radius 2 is 1.08 bits per heavy atom. The van der Waals surface area contributed by atoms with Crippen molar-refractivity contribution in [2.75, 3.05) is 13.2 Å². The summed E-state index contributed by atoms with van der Waals surface area (Å²) in [7, 11) is 0. The molecule has 8 rings (SSSR count). The Labute approximate surface area is 212 Å². The molecule has 10 atom stereocenters. The van der Waals surface area contributed by atoms with E-state index in [0.29, 0.717) is 60.6 Å². The van der Waals surface area contributed by atoms with Gasteiger partial charge in [-0.3, -0.25) is 9.59 Å². The molecular formula is C32H34O4. The summed E-state index contributed by atoms with van der Waals surface area (Å²) in [4.78, 5) is 26.0. The summed E-state index contributed by atoms with van der Waals surface area (Å²) in [5.74, 6) is 3.04. The van der Waals surface area contributed by atoms with E-state index in [9.17, 15) is 9.59 Å². The largest absolute Gasteiger partial charge is 0.466 e. The summed E-state index contributed by atoms with van der Waals surface area (Å²) in [6, 6.07) is 14.6. The van der Waals surface area contributed by atoms with Gasteiger partial charge in [-0.25, -0.2) is 0 Å². The van der Waals surface area contributed by atoms with Gasteiger partial charge in [0.05, 0.1) is 25.0 Å². The van der Waals surface area contributed by atoms with E-state index in [4.69, 9.17) is 9.47 Å². The zero-order chi connectivity index (χ0) is 24.3. The molecule has 0 heterocycles. The lowest BCUT2D eigenvalue weighted by molar-refractivity contribution is -0.344. The molecule has 6 aliphatic carbocycles. The minimum Gasteiger partial charge on any atom is -0.466 e. The molecule has 0 spiro atoms. The predicted octanol–water partition coefficient (Wildman–Crippen LogP) is 4.86. The summed E-state index contributed by atoms with van der Waals surface area (Å²) in [6.45, 7) is 4.43. The summed E-state index contributed by atoms with van der Waals surface area (Å²) < 4.78 is 11.0. The van der Waals surface area contributed by atoms with Crippen molar-refractivity contribution in [2.45, 2.75) is 51.4 Å². The van der Waals surface area contributed by atoms with E-state index in [0.717, 1.165) is 25.7 Å². The van der Waals surface area contributed by atoms with Gasteiger partial charge in [-0.15, -0.1) is 0 Å². The van der Waals surface area contributed by atoms with Crippen LogP contribution in [0.2, 0.25) is 0 Å². The van der Waals surface area contributed by atoms with Gasteiger partial charge >= 0.3 is 11.9 Å². The van der Waals surface area contributed by atoms with Crippen LogP contribution in [0.25, 0.3) is 0 Å². The third-order valence-electron chi connectivity index (χ3n) is 11.2. The Morgan fingerprint density at radius 3 is 1.50 bits per heavy atom. The van der Waals surface area contributed by atoms with Crippen molar-refractivity contribution in [2.24, 2.45) is 47.3 Å². The van der Waals surface area contributed by atoms with Crippen molar-refractivity contribution in [1.29, 1.82) is 0 Å². The smallest absolute Gasteiger partial charge is 0.310 e. The number of carbonyl (C=O) groups excluding carboxylic acids is 2. The van der Waals surface area contributed by atoms with Gasteiger partial charge in [0.15, 0.2) is 0 Å². The molecule has 0 N–H and O–H groups in total. The molecule has 0 aliphatic heterocycles. The van der Waals surface area contributed by atoms with Gasteiger partial charge in [-0.05, 0) is 120 Å². The molecule has 4 bridgehead atoms. The number of ether oxygens (including phenoxy) is 2. The first-order valence-electron chi connectivity index (χ1n) is 14.2. The fourth-order valence-electron chi connectivity index (χ4n) is 9.98. The van der Waals surface area contributed by atoms with Crippen LogP contribution in [0.1, 0.15) is 59.1 Å². The first-order chi connectivity index (χ1) is 17.6. The van der Waals surface area contributed by atoms with Crippen molar-refractivity contribution in [1.82, 2.24) is 0 Å². The summed E-state index contributed by atoms with van der Waals surface area (Å²) >= 11 is 0. The van der Waals surface area contributed by atoms with E-state index >= 15 is 0 Å². The van der Waals surface area contributed by atoms with Crippen LogP contribution in [0.5, 0.6) is 0 Å². The van der Waals surface area contributed by atoms with E-state index < -0.39 is 0 Å². The Morgan fingerprint density at radius 1 is 0.639 bits per heavy atom. The van der Waals surface area contributed by atoms with Gasteiger partial charge < -0.3 is 9.47 Å². The molecular weight excluding hydrogens is 448 g/mol. The average Bonchev–Trinajstić information content (AvgIpc) is 2.83. The van der Waals surface area contributed by atoms with Gasteiger partial charge in [-0.1, -0.05) is 36.4 Å². The molecule has 10 unspecified atom stereocenters. The van der Waals surface area contributed by atoms with Crippen LogP contribution in [0, 0.1) is 47.3 Å². The minimum atomic E-state index is -0.313. The molecule has 36 heavy (non-hydrogen) atoms. The Hall–Kier alpha value is -2.62. The number of benzene rings is 2. The van der Waals surface area contributed by atoms with Crippen molar-refractivity contribution >= 4 is 11.9 Å². The predicted molar refractivity (Wildman–Crippen MR) is 134 cm³/mol. The SMILES string of the molecule is CCOC(=O)C1C(C(=O)OCC)C2C1C1C3C4c5cc6ccc5CCc5ccc(cc5C4C3C21)CC6. The summed E-state index contributed by atoms with van der Waals surface area (Å²) in [6.07, 6.45) is 4.42. The maximum atomic E-state index is 13.0. The van der Waals surface area contributed by atoms with Crippen molar-refractivity contribution < 1.29 is 19.1 Å². The molecule has 0 amide bonds. The molecule has 4 nitrogen and oxygen atoms in total. The lowest BCUT2D eigenvalue weighted by atomic mass is 9.20. The lowest BCUT2D eigenvalue weighted by Crippen LogP contribution is -2.82. The first kappa shape index (κ1) is 21.5. The second-order valence-electron chi connectivity index (χ2n) is 12.1. The fraction of sp³-hybridized carbons (Fsp3) is 0.562. The van der Waals surface area contributed by atoms with Crippen LogP contribution in [0.4, 0.5) is 0 Å². The van der Waals surface area contributed by atoms with E-state index in [1.165, 1.54) is 22.3 Å². The first-order valence-corrected chi connectivity index (χ1v) is 14.2. The Bertz CT molecular complexity index is 1200. The summed E-state index contributed by atoms with van der Waals surface area (Å²) in [5, 5.41) is 0. The molecule has 0 saturated heterocycles. The van der Waals surface area contributed by atoms with Crippen LogP contribution in [-0.4, -0.2) is 25.2 Å². The van der Waals surface area contributed by atoms with Crippen molar-refractivity contribution in [3.63, 3.8) is 0 Å². The van der Waals surface area contributed by atoms with Gasteiger partial charge in [0.25, 0.3) is 0 Å². The number of rotatable bonds is 4. The van der Waals surface area contributed by atoms with E-state index in [1.54, 1.807) is 11.1 Å². The Kier molecular flexibility index (Phi) is 4.45. The van der Waals surface area contributed by atoms with Crippen molar-refractivity contribution in [3.05, 3.63) is 69.8 Å². The van der Waals surface area contributed by atoms with Crippen LogP contribution < -0.4 is 0 Å². The van der Waals surface area contributed by atoms with Gasteiger partial charge in [0.1, 0.15) is 0 Å². The number of hydrogen-bond acceptors (Lipinski definition) is 4. The highest BCUT2D eigenvalue weighted by atomic mass is 16.5. The molecule has 4 heteroatoms. The van der Waals surface area contributed by atoms with Crippen LogP contribution in [-0.2, 0) is 44.7 Å². The highest BCUT2D eigenvalue weighted by Crippen LogP contribution is 2.85. The average molecular weight is 483 g/mol. The zero-order valence-corrected chi connectivity index (χ0v) is 21.1. The lowest BCUT2D eigenvalue weighted by Gasteiger charge is -2.83. The molecule has 6 aliphatic rings. The molecule has 0 aromatic heterocycles. The second-order valence-corrected chi connectivity index (χ2v) is 12.1. The molecule has 186 valence electrons. The van der Waals surface area contributed by atoms with Gasteiger partial charge in [0.2, 0.25) is 0 Å². The second kappa shape index (κ2) is 7.46. The topological polar surface area (TPSA) is 52.6 Å². The molecule has 0 radical (unpaired) electrons. The van der Waals surface area contributed by atoms with Crippen LogP contribution in [0.3, 0.4) is 0 Å². The quantitative estimate of drug-likeness (QED) is 0.584. The molecule has 2 aromatic rings. The molecule has 4 fully saturated rings. The molecule has 2 aromatic carbocycles. The highest BCUT2D eigenvalue weighted by Gasteiger charge is 2.83. The van der Waals surface area contributed by atoms with E-state index in [1.807, 2.05) is 13.8 Å². The maximum absolute atomic E-state index is 13.0. The van der Waals surface area contributed by atoms with Crippen molar-refractivity contribution in [3.8, 4) is 0 Å².